The van der Waals surface area contributed by atoms with Crippen LogP contribution in [0.4, 0.5) is 0 Å². The molecule has 1 N–H and O–H groups in total. The Morgan fingerprint density at radius 1 is 0.838 bits per heavy atom. The first-order valence-electron chi connectivity index (χ1n) is 13.5. The summed E-state index contributed by atoms with van der Waals surface area (Å²) in [5.41, 5.74) is 5.54. The topological polar surface area (TPSA) is 52.7 Å². The number of carbonyl (C=O) groups excluding carboxylic acids is 2. The van der Waals surface area contributed by atoms with Crippen LogP contribution in [0.25, 0.3) is 11.1 Å². The van der Waals surface area contributed by atoms with E-state index in [0.717, 1.165) is 66.6 Å². The second-order valence-corrected chi connectivity index (χ2v) is 10.0. The van der Waals surface area contributed by atoms with Crippen molar-refractivity contribution in [1.82, 2.24) is 15.1 Å². The second kappa shape index (κ2) is 13.2. The lowest BCUT2D eigenvalue weighted by Crippen LogP contribution is -2.53. The summed E-state index contributed by atoms with van der Waals surface area (Å²) in [5.74, 6) is 0.0401. The van der Waals surface area contributed by atoms with E-state index in [4.69, 9.17) is 0 Å². The highest BCUT2D eigenvalue weighted by molar-refractivity contribution is 5.89. The highest BCUT2D eigenvalue weighted by atomic mass is 16.2. The molecule has 1 heterocycles. The van der Waals surface area contributed by atoms with Crippen molar-refractivity contribution in [3.8, 4) is 11.1 Å². The Labute approximate surface area is 221 Å². The van der Waals surface area contributed by atoms with Crippen molar-refractivity contribution in [2.75, 3.05) is 27.2 Å². The number of nitrogens with zero attached hydrogens (tertiary/aromatic N) is 2. The average molecular weight is 498 g/mol. The van der Waals surface area contributed by atoms with E-state index in [2.05, 4.69) is 41.7 Å². The molecule has 0 spiro atoms. The van der Waals surface area contributed by atoms with Crippen molar-refractivity contribution in [3.63, 3.8) is 0 Å². The third-order valence-corrected chi connectivity index (χ3v) is 7.32. The van der Waals surface area contributed by atoms with Crippen molar-refractivity contribution in [2.45, 2.75) is 51.1 Å². The van der Waals surface area contributed by atoms with Gasteiger partial charge in [0.15, 0.2) is 0 Å². The van der Waals surface area contributed by atoms with Gasteiger partial charge < -0.3 is 15.1 Å². The van der Waals surface area contributed by atoms with Gasteiger partial charge in [0.25, 0.3) is 0 Å². The molecule has 0 aromatic heterocycles. The second-order valence-electron chi connectivity index (χ2n) is 10.0. The summed E-state index contributed by atoms with van der Waals surface area (Å²) in [5, 5.41) is 3.18. The number of fused-ring (bicyclic) bond motifs is 1. The van der Waals surface area contributed by atoms with Crippen LogP contribution in [0.2, 0.25) is 0 Å². The average Bonchev–Trinajstić information content (AvgIpc) is 2.94. The Morgan fingerprint density at radius 2 is 1.49 bits per heavy atom. The maximum absolute atomic E-state index is 13.6. The van der Waals surface area contributed by atoms with E-state index >= 15 is 0 Å². The van der Waals surface area contributed by atoms with E-state index in [1.807, 2.05) is 61.5 Å². The molecule has 0 saturated carbocycles. The van der Waals surface area contributed by atoms with Gasteiger partial charge in [0.05, 0.1) is 6.42 Å². The van der Waals surface area contributed by atoms with Gasteiger partial charge in [0, 0.05) is 26.6 Å². The molecule has 0 aliphatic carbocycles. The van der Waals surface area contributed by atoms with E-state index in [-0.39, 0.29) is 18.2 Å². The van der Waals surface area contributed by atoms with Gasteiger partial charge in [-0.1, -0.05) is 91.7 Å². The van der Waals surface area contributed by atoms with Gasteiger partial charge in [-0.05, 0) is 54.3 Å². The van der Waals surface area contributed by atoms with E-state index in [1.54, 1.807) is 4.90 Å². The van der Waals surface area contributed by atoms with E-state index in [1.165, 1.54) is 0 Å². The summed E-state index contributed by atoms with van der Waals surface area (Å²) in [6, 6.07) is 26.1. The molecule has 0 radical (unpaired) electrons. The standard InChI is InChI=1S/C32H39N3O2/c1-33-20-10-3-4-11-21-34(2)32(37)30-23-28-14-8-9-15-29(28)24-35(30)31(36)22-25-16-18-27(19-17-25)26-12-6-5-7-13-26/h5-9,12-19,30,33H,3-4,10-11,20-24H2,1-2H3. The number of hydrogen-bond donors (Lipinski definition) is 1. The third kappa shape index (κ3) is 7.07. The first kappa shape index (κ1) is 26.6. The molecule has 5 nitrogen and oxygen atoms in total. The number of benzene rings is 3. The zero-order chi connectivity index (χ0) is 26.0. The molecule has 0 saturated heterocycles. The summed E-state index contributed by atoms with van der Waals surface area (Å²) in [6.45, 7) is 2.23. The van der Waals surface area contributed by atoms with Gasteiger partial charge in [-0.25, -0.2) is 0 Å². The Balaban J connectivity index is 1.43. The van der Waals surface area contributed by atoms with Crippen LogP contribution in [0.5, 0.6) is 0 Å². The number of unbranched alkanes of at least 4 members (excludes halogenated alkanes) is 3. The van der Waals surface area contributed by atoms with Crippen LogP contribution in [0.15, 0.2) is 78.9 Å². The fourth-order valence-corrected chi connectivity index (χ4v) is 5.10. The molecular weight excluding hydrogens is 458 g/mol. The van der Waals surface area contributed by atoms with Crippen LogP contribution in [-0.4, -0.2) is 54.8 Å². The lowest BCUT2D eigenvalue weighted by Gasteiger charge is -2.38. The van der Waals surface area contributed by atoms with Crippen LogP contribution in [-0.2, 0) is 29.0 Å². The quantitative estimate of drug-likeness (QED) is 0.376. The number of carbonyl (C=O) groups is 2. The molecule has 37 heavy (non-hydrogen) atoms. The summed E-state index contributed by atoms with van der Waals surface area (Å²) < 4.78 is 0. The van der Waals surface area contributed by atoms with Crippen molar-refractivity contribution >= 4 is 11.8 Å². The minimum Gasteiger partial charge on any atom is -0.344 e. The summed E-state index contributed by atoms with van der Waals surface area (Å²) >= 11 is 0. The monoisotopic (exact) mass is 497 g/mol. The molecule has 5 heteroatoms. The van der Waals surface area contributed by atoms with Crippen LogP contribution in [0.3, 0.4) is 0 Å². The molecule has 2 amide bonds. The van der Waals surface area contributed by atoms with E-state index in [9.17, 15) is 9.59 Å². The number of rotatable bonds is 11. The summed E-state index contributed by atoms with van der Waals surface area (Å²) in [4.78, 5) is 30.8. The zero-order valence-corrected chi connectivity index (χ0v) is 22.2. The lowest BCUT2D eigenvalue weighted by atomic mass is 9.92. The molecular formula is C32H39N3O2. The number of hydrogen-bond acceptors (Lipinski definition) is 3. The molecule has 0 bridgehead atoms. The Morgan fingerprint density at radius 3 is 2.22 bits per heavy atom. The van der Waals surface area contributed by atoms with Gasteiger partial charge in [0.2, 0.25) is 11.8 Å². The van der Waals surface area contributed by atoms with E-state index in [0.29, 0.717) is 13.0 Å². The van der Waals surface area contributed by atoms with Crippen LogP contribution in [0.1, 0.15) is 42.4 Å². The van der Waals surface area contributed by atoms with Crippen molar-refractivity contribution in [1.29, 1.82) is 0 Å². The van der Waals surface area contributed by atoms with Crippen molar-refractivity contribution in [2.24, 2.45) is 0 Å². The Hall–Kier alpha value is -3.44. The molecule has 4 rings (SSSR count). The predicted octanol–water partition coefficient (Wildman–Crippen LogP) is 5.09. The van der Waals surface area contributed by atoms with Crippen molar-refractivity contribution < 1.29 is 9.59 Å². The smallest absolute Gasteiger partial charge is 0.245 e. The molecule has 1 atom stereocenters. The molecule has 0 fully saturated rings. The highest BCUT2D eigenvalue weighted by Gasteiger charge is 2.35. The normalized spacial score (nSPS) is 14.8. The SMILES string of the molecule is CNCCCCCCN(C)C(=O)C1Cc2ccccc2CN1C(=O)Cc1ccc(-c2ccccc2)cc1. The number of amides is 2. The minimum absolute atomic E-state index is 0.000722. The molecule has 3 aromatic carbocycles. The van der Waals surface area contributed by atoms with Gasteiger partial charge in [0.1, 0.15) is 6.04 Å². The van der Waals surface area contributed by atoms with Gasteiger partial charge in [-0.3, -0.25) is 9.59 Å². The third-order valence-electron chi connectivity index (χ3n) is 7.32. The lowest BCUT2D eigenvalue weighted by molar-refractivity contribution is -0.146. The summed E-state index contributed by atoms with van der Waals surface area (Å²) in [6.07, 6.45) is 5.26. The molecule has 194 valence electrons. The highest BCUT2D eigenvalue weighted by Crippen LogP contribution is 2.26. The number of likely N-dealkylation sites (N-methyl/N-ethyl adjacent to an activating group) is 1. The molecule has 3 aromatic rings. The summed E-state index contributed by atoms with van der Waals surface area (Å²) in [7, 11) is 3.85. The van der Waals surface area contributed by atoms with Crippen molar-refractivity contribution in [3.05, 3.63) is 95.6 Å². The van der Waals surface area contributed by atoms with E-state index < -0.39 is 6.04 Å². The zero-order valence-electron chi connectivity index (χ0n) is 22.2. The van der Waals surface area contributed by atoms with Gasteiger partial charge >= 0.3 is 0 Å². The van der Waals surface area contributed by atoms with Gasteiger partial charge in [-0.2, -0.15) is 0 Å². The molecule has 1 unspecified atom stereocenters. The predicted molar refractivity (Wildman–Crippen MR) is 150 cm³/mol. The largest absolute Gasteiger partial charge is 0.344 e. The Bertz CT molecular complexity index is 1160. The molecule has 1 aliphatic heterocycles. The first-order chi connectivity index (χ1) is 18.1. The Kier molecular flexibility index (Phi) is 9.50. The first-order valence-corrected chi connectivity index (χ1v) is 13.5. The van der Waals surface area contributed by atoms with Crippen LogP contribution < -0.4 is 5.32 Å². The fourth-order valence-electron chi connectivity index (χ4n) is 5.10. The van der Waals surface area contributed by atoms with Gasteiger partial charge in [-0.15, -0.1) is 0 Å². The minimum atomic E-state index is -0.458. The van der Waals surface area contributed by atoms with Crippen LogP contribution in [0, 0.1) is 0 Å². The maximum Gasteiger partial charge on any atom is 0.245 e. The van der Waals surface area contributed by atoms with Crippen LogP contribution >= 0.6 is 0 Å². The maximum atomic E-state index is 13.6. The number of nitrogens with one attached hydrogen (secondary N) is 1. The molecule has 1 aliphatic rings. The fraction of sp³-hybridized carbons (Fsp3) is 0.375.